The summed E-state index contributed by atoms with van der Waals surface area (Å²) >= 11 is 1.57. The first-order valence-corrected chi connectivity index (χ1v) is 12.8. The lowest BCUT2D eigenvalue weighted by Gasteiger charge is -2.14. The predicted octanol–water partition coefficient (Wildman–Crippen LogP) is 6.38. The van der Waals surface area contributed by atoms with Crippen molar-refractivity contribution in [1.29, 1.82) is 0 Å². The number of carbonyl (C=O) groups excluding carboxylic acids is 4. The normalized spacial score (nSPS) is 13.3. The molecule has 0 aromatic heterocycles. The van der Waals surface area contributed by atoms with Gasteiger partial charge in [-0.05, 0) is 68.4 Å². The van der Waals surface area contributed by atoms with Gasteiger partial charge in [-0.2, -0.15) is 0 Å². The molecule has 188 valence electrons. The Morgan fingerprint density at radius 2 is 1.34 bits per heavy atom. The number of rotatable bonds is 7. The number of nitrogens with zero attached hydrogens (tertiary/aromatic N) is 1. The van der Waals surface area contributed by atoms with Gasteiger partial charge in [-0.3, -0.25) is 14.4 Å². The SMILES string of the molecule is Cc1ccc(C(=O)C(C)OC(=O)c2ccc3c(c2)C(=O)N(c2ccc(Sc4ccccc4)cc2)C3=O)cc1. The number of hydrogen-bond donors (Lipinski definition) is 0. The number of imide groups is 1. The highest BCUT2D eigenvalue weighted by molar-refractivity contribution is 7.99. The van der Waals surface area contributed by atoms with Gasteiger partial charge in [0.1, 0.15) is 0 Å². The fraction of sp³-hybridized carbons (Fsp3) is 0.0968. The standard InChI is InChI=1S/C31H23NO5S/c1-19-8-10-21(11-9-19)28(33)20(2)37-31(36)22-12-17-26-27(18-22)30(35)32(29(26)34)23-13-15-25(16-14-23)38-24-6-4-3-5-7-24/h3-18,20H,1-2H3. The molecule has 4 aromatic carbocycles. The zero-order valence-corrected chi connectivity index (χ0v) is 21.5. The molecule has 0 N–H and O–H groups in total. The zero-order chi connectivity index (χ0) is 26.8. The molecule has 0 bridgehead atoms. The molecule has 0 radical (unpaired) electrons. The molecule has 6 nitrogen and oxygen atoms in total. The predicted molar refractivity (Wildman–Crippen MR) is 145 cm³/mol. The van der Waals surface area contributed by atoms with Gasteiger partial charge in [-0.15, -0.1) is 0 Å². The summed E-state index contributed by atoms with van der Waals surface area (Å²) in [5.41, 5.74) is 2.30. The second-order valence-electron chi connectivity index (χ2n) is 8.89. The molecular formula is C31H23NO5S. The van der Waals surface area contributed by atoms with Crippen LogP contribution in [-0.4, -0.2) is 29.7 Å². The van der Waals surface area contributed by atoms with Crippen LogP contribution in [-0.2, 0) is 4.74 Å². The van der Waals surface area contributed by atoms with Crippen LogP contribution in [0.25, 0.3) is 0 Å². The number of anilines is 1. The van der Waals surface area contributed by atoms with Crippen molar-refractivity contribution >= 4 is 41.0 Å². The smallest absolute Gasteiger partial charge is 0.338 e. The number of carbonyl (C=O) groups is 4. The maximum atomic E-state index is 13.2. The summed E-state index contributed by atoms with van der Waals surface area (Å²) < 4.78 is 5.38. The average Bonchev–Trinajstić information content (AvgIpc) is 3.18. The summed E-state index contributed by atoms with van der Waals surface area (Å²) in [6.45, 7) is 3.42. The number of benzene rings is 4. The quantitative estimate of drug-likeness (QED) is 0.160. The largest absolute Gasteiger partial charge is 0.451 e. The van der Waals surface area contributed by atoms with Gasteiger partial charge in [-0.1, -0.05) is 59.8 Å². The van der Waals surface area contributed by atoms with Crippen molar-refractivity contribution in [3.05, 3.63) is 125 Å². The van der Waals surface area contributed by atoms with E-state index in [-0.39, 0.29) is 22.5 Å². The Labute approximate surface area is 224 Å². The third-order valence-electron chi connectivity index (χ3n) is 6.19. The Morgan fingerprint density at radius 1 is 0.737 bits per heavy atom. The van der Waals surface area contributed by atoms with E-state index in [2.05, 4.69) is 0 Å². The molecule has 0 fully saturated rings. The van der Waals surface area contributed by atoms with Crippen LogP contribution in [0.2, 0.25) is 0 Å². The van der Waals surface area contributed by atoms with Gasteiger partial charge < -0.3 is 4.74 Å². The first kappa shape index (κ1) is 25.2. The number of amides is 2. The topological polar surface area (TPSA) is 80.8 Å². The monoisotopic (exact) mass is 521 g/mol. The van der Waals surface area contributed by atoms with E-state index in [0.29, 0.717) is 11.3 Å². The van der Waals surface area contributed by atoms with Crippen LogP contribution in [0.3, 0.4) is 0 Å². The summed E-state index contributed by atoms with van der Waals surface area (Å²) in [5, 5.41) is 0. The molecule has 1 unspecified atom stereocenters. The molecule has 0 aliphatic carbocycles. The number of Topliss-reactive ketones (excluding diaryl/α,β-unsaturated/α-hetero) is 1. The highest BCUT2D eigenvalue weighted by Crippen LogP contribution is 2.33. The summed E-state index contributed by atoms with van der Waals surface area (Å²) in [6.07, 6.45) is -1.01. The summed E-state index contributed by atoms with van der Waals surface area (Å²) in [5.74, 6) is -2.06. The van der Waals surface area contributed by atoms with E-state index in [1.165, 1.54) is 25.1 Å². The van der Waals surface area contributed by atoms with Crippen molar-refractivity contribution in [2.24, 2.45) is 0 Å². The molecule has 1 aliphatic heterocycles. The van der Waals surface area contributed by atoms with Crippen LogP contribution in [0.1, 0.15) is 53.9 Å². The van der Waals surface area contributed by atoms with Gasteiger partial charge in [0.05, 0.1) is 22.4 Å². The van der Waals surface area contributed by atoms with Gasteiger partial charge in [0.25, 0.3) is 11.8 Å². The Hall–Kier alpha value is -4.49. The fourth-order valence-corrected chi connectivity index (χ4v) is 4.96. The minimum absolute atomic E-state index is 0.0879. The van der Waals surface area contributed by atoms with E-state index < -0.39 is 23.9 Å². The van der Waals surface area contributed by atoms with E-state index in [1.54, 1.807) is 36.0 Å². The summed E-state index contributed by atoms with van der Waals surface area (Å²) in [4.78, 5) is 54.8. The van der Waals surface area contributed by atoms with Gasteiger partial charge in [-0.25, -0.2) is 9.69 Å². The lowest BCUT2D eigenvalue weighted by molar-refractivity contribution is 0.0318. The molecular weight excluding hydrogens is 498 g/mol. The minimum Gasteiger partial charge on any atom is -0.451 e. The van der Waals surface area contributed by atoms with E-state index in [4.69, 9.17) is 4.74 Å². The second-order valence-corrected chi connectivity index (χ2v) is 10.0. The van der Waals surface area contributed by atoms with Crippen molar-refractivity contribution in [3.63, 3.8) is 0 Å². The number of ether oxygens (including phenoxy) is 1. The lowest BCUT2D eigenvalue weighted by Crippen LogP contribution is -2.29. The van der Waals surface area contributed by atoms with Crippen molar-refractivity contribution < 1.29 is 23.9 Å². The third kappa shape index (κ3) is 5.01. The van der Waals surface area contributed by atoms with Crippen LogP contribution >= 0.6 is 11.8 Å². The Bertz CT molecular complexity index is 1550. The number of aryl methyl sites for hydroxylation is 1. The Kier molecular flexibility index (Phi) is 6.94. The van der Waals surface area contributed by atoms with Crippen LogP contribution in [0.4, 0.5) is 5.69 Å². The first-order chi connectivity index (χ1) is 18.3. The molecule has 1 atom stereocenters. The van der Waals surface area contributed by atoms with Crippen molar-refractivity contribution in [3.8, 4) is 0 Å². The fourth-order valence-electron chi connectivity index (χ4n) is 4.12. The number of ketones is 1. The van der Waals surface area contributed by atoms with Crippen molar-refractivity contribution in [2.45, 2.75) is 29.7 Å². The van der Waals surface area contributed by atoms with Gasteiger partial charge >= 0.3 is 5.97 Å². The molecule has 5 rings (SSSR count). The number of esters is 1. The number of hydrogen-bond acceptors (Lipinski definition) is 6. The lowest BCUT2D eigenvalue weighted by atomic mass is 10.0. The first-order valence-electron chi connectivity index (χ1n) is 12.0. The minimum atomic E-state index is -1.01. The zero-order valence-electron chi connectivity index (χ0n) is 20.7. The Morgan fingerprint density at radius 3 is 2.03 bits per heavy atom. The highest BCUT2D eigenvalue weighted by Gasteiger charge is 2.37. The summed E-state index contributed by atoms with van der Waals surface area (Å²) in [7, 11) is 0. The van der Waals surface area contributed by atoms with Crippen LogP contribution < -0.4 is 4.90 Å². The van der Waals surface area contributed by atoms with Gasteiger partial charge in [0, 0.05) is 15.4 Å². The molecule has 7 heteroatoms. The van der Waals surface area contributed by atoms with Crippen LogP contribution in [0, 0.1) is 6.92 Å². The molecule has 2 amide bonds. The molecule has 1 aliphatic rings. The van der Waals surface area contributed by atoms with Gasteiger partial charge in [0.15, 0.2) is 6.10 Å². The molecule has 38 heavy (non-hydrogen) atoms. The molecule has 0 saturated heterocycles. The highest BCUT2D eigenvalue weighted by atomic mass is 32.2. The van der Waals surface area contributed by atoms with Crippen LogP contribution in [0.5, 0.6) is 0 Å². The molecule has 4 aromatic rings. The van der Waals surface area contributed by atoms with E-state index in [9.17, 15) is 19.2 Å². The number of fused-ring (bicyclic) bond motifs is 1. The van der Waals surface area contributed by atoms with Crippen LogP contribution in [0.15, 0.2) is 107 Å². The maximum Gasteiger partial charge on any atom is 0.338 e. The molecule has 1 heterocycles. The molecule has 0 saturated carbocycles. The average molecular weight is 522 g/mol. The molecule has 0 spiro atoms. The van der Waals surface area contributed by atoms with Crippen molar-refractivity contribution in [1.82, 2.24) is 0 Å². The van der Waals surface area contributed by atoms with Gasteiger partial charge in [0.2, 0.25) is 5.78 Å². The van der Waals surface area contributed by atoms with Crippen molar-refractivity contribution in [2.75, 3.05) is 4.90 Å². The van der Waals surface area contributed by atoms with E-state index >= 15 is 0 Å². The third-order valence-corrected chi connectivity index (χ3v) is 7.20. The second kappa shape index (κ2) is 10.5. The Balaban J connectivity index is 1.30. The van der Waals surface area contributed by atoms with E-state index in [0.717, 1.165) is 20.3 Å². The maximum absolute atomic E-state index is 13.2. The van der Waals surface area contributed by atoms with E-state index in [1.807, 2.05) is 61.5 Å². The summed E-state index contributed by atoms with van der Waals surface area (Å²) in [6, 6.07) is 28.2.